The number of nitrogens with zero attached hydrogens (tertiary/aromatic N) is 1. The number of hydrogen-bond acceptors (Lipinski definition) is 2. The lowest BCUT2D eigenvalue weighted by atomic mass is 10.1. The lowest BCUT2D eigenvalue weighted by Crippen LogP contribution is -2.23. The van der Waals surface area contributed by atoms with Crippen LogP contribution in [0.5, 0.6) is 5.75 Å². The summed E-state index contributed by atoms with van der Waals surface area (Å²) in [5, 5.41) is 0. The van der Waals surface area contributed by atoms with E-state index in [0.717, 1.165) is 25.4 Å². The lowest BCUT2D eigenvalue weighted by Gasteiger charge is -2.15. The molecule has 0 heterocycles. The van der Waals surface area contributed by atoms with Gasteiger partial charge < -0.3 is 9.64 Å². The second-order valence-corrected chi connectivity index (χ2v) is 4.01. The minimum Gasteiger partial charge on any atom is -0.492 e. The molecule has 1 rings (SSSR count). The van der Waals surface area contributed by atoms with Gasteiger partial charge in [-0.25, -0.2) is 0 Å². The molecule has 0 atom stereocenters. The average Bonchev–Trinajstić information content (AvgIpc) is 2.23. The van der Waals surface area contributed by atoms with Crippen molar-refractivity contribution in [2.45, 2.75) is 20.8 Å². The van der Waals surface area contributed by atoms with Gasteiger partial charge in [0.2, 0.25) is 0 Å². The van der Waals surface area contributed by atoms with Crippen molar-refractivity contribution in [2.75, 3.05) is 26.7 Å². The number of hydrogen-bond donors (Lipinski definition) is 0. The Labute approximate surface area is 92.9 Å². The van der Waals surface area contributed by atoms with Gasteiger partial charge in [-0.1, -0.05) is 19.1 Å². The maximum atomic E-state index is 5.75. The molecule has 0 bridgehead atoms. The highest BCUT2D eigenvalue weighted by atomic mass is 16.5. The third-order valence-electron chi connectivity index (χ3n) is 2.61. The highest BCUT2D eigenvalue weighted by molar-refractivity contribution is 5.35. The van der Waals surface area contributed by atoms with Crippen LogP contribution >= 0.6 is 0 Å². The molecule has 15 heavy (non-hydrogen) atoms. The van der Waals surface area contributed by atoms with E-state index in [9.17, 15) is 0 Å². The molecule has 1 aromatic rings. The topological polar surface area (TPSA) is 12.5 Å². The molecule has 0 aromatic heterocycles. The number of aryl methyl sites for hydroxylation is 2. The van der Waals surface area contributed by atoms with Crippen LogP contribution in [0, 0.1) is 13.8 Å². The molecule has 1 aromatic carbocycles. The Morgan fingerprint density at radius 1 is 1.27 bits per heavy atom. The molecule has 84 valence electrons. The van der Waals surface area contributed by atoms with Crippen molar-refractivity contribution in [1.82, 2.24) is 4.90 Å². The largest absolute Gasteiger partial charge is 0.492 e. The molecule has 0 saturated heterocycles. The Morgan fingerprint density at radius 2 is 2.00 bits per heavy atom. The van der Waals surface area contributed by atoms with E-state index >= 15 is 0 Å². The van der Waals surface area contributed by atoms with Gasteiger partial charge in [-0.15, -0.1) is 0 Å². The summed E-state index contributed by atoms with van der Waals surface area (Å²) in [6.45, 7) is 9.12. The van der Waals surface area contributed by atoms with Crippen molar-refractivity contribution in [1.29, 1.82) is 0 Å². The van der Waals surface area contributed by atoms with Gasteiger partial charge in [-0.05, 0) is 44.6 Å². The van der Waals surface area contributed by atoms with Crippen molar-refractivity contribution < 1.29 is 4.74 Å². The first-order valence-electron chi connectivity index (χ1n) is 5.52. The SMILES string of the molecule is CCN(C)CCOc1cc(C)ccc1C. The van der Waals surface area contributed by atoms with E-state index in [0.29, 0.717) is 0 Å². The fourth-order valence-electron chi connectivity index (χ4n) is 1.33. The molecule has 0 aliphatic heterocycles. The molecule has 0 fully saturated rings. The van der Waals surface area contributed by atoms with E-state index in [1.165, 1.54) is 11.1 Å². The van der Waals surface area contributed by atoms with Crippen LogP contribution in [0.15, 0.2) is 18.2 Å². The van der Waals surface area contributed by atoms with E-state index in [2.05, 4.69) is 50.9 Å². The summed E-state index contributed by atoms with van der Waals surface area (Å²) in [5.41, 5.74) is 2.46. The predicted octanol–water partition coefficient (Wildman–Crippen LogP) is 2.63. The number of likely N-dealkylation sites (N-methyl/N-ethyl adjacent to an activating group) is 1. The predicted molar refractivity (Wildman–Crippen MR) is 64.6 cm³/mol. The van der Waals surface area contributed by atoms with Crippen LogP contribution in [0.2, 0.25) is 0 Å². The Morgan fingerprint density at radius 3 is 2.67 bits per heavy atom. The van der Waals surface area contributed by atoms with Crippen LogP contribution in [0.3, 0.4) is 0 Å². The van der Waals surface area contributed by atoms with Gasteiger partial charge in [0.1, 0.15) is 12.4 Å². The van der Waals surface area contributed by atoms with E-state index in [1.54, 1.807) is 0 Å². The van der Waals surface area contributed by atoms with Gasteiger partial charge in [0.15, 0.2) is 0 Å². The highest BCUT2D eigenvalue weighted by Gasteiger charge is 2.00. The molecule has 0 amide bonds. The Bertz CT molecular complexity index is 309. The zero-order valence-electron chi connectivity index (χ0n) is 10.2. The summed E-state index contributed by atoms with van der Waals surface area (Å²) < 4.78 is 5.75. The molecule has 2 heteroatoms. The van der Waals surface area contributed by atoms with Gasteiger partial charge >= 0.3 is 0 Å². The highest BCUT2D eigenvalue weighted by Crippen LogP contribution is 2.18. The minimum atomic E-state index is 0.759. The third-order valence-corrected chi connectivity index (χ3v) is 2.61. The Balaban J connectivity index is 2.46. The van der Waals surface area contributed by atoms with E-state index in [-0.39, 0.29) is 0 Å². The van der Waals surface area contributed by atoms with Gasteiger partial charge in [-0.3, -0.25) is 0 Å². The zero-order chi connectivity index (χ0) is 11.3. The zero-order valence-corrected chi connectivity index (χ0v) is 10.2. The van der Waals surface area contributed by atoms with Crippen molar-refractivity contribution in [3.8, 4) is 5.75 Å². The number of ether oxygens (including phenoxy) is 1. The normalized spacial score (nSPS) is 10.7. The number of benzene rings is 1. The molecular weight excluding hydrogens is 186 g/mol. The monoisotopic (exact) mass is 207 g/mol. The van der Waals surface area contributed by atoms with Crippen molar-refractivity contribution >= 4 is 0 Å². The first-order valence-corrected chi connectivity index (χ1v) is 5.52. The maximum Gasteiger partial charge on any atom is 0.122 e. The standard InChI is InChI=1S/C13H21NO/c1-5-14(4)8-9-15-13-10-11(2)6-7-12(13)3/h6-7,10H,5,8-9H2,1-4H3. The summed E-state index contributed by atoms with van der Waals surface area (Å²) >= 11 is 0. The van der Waals surface area contributed by atoms with Crippen LogP contribution in [-0.4, -0.2) is 31.6 Å². The maximum absolute atomic E-state index is 5.75. The number of rotatable bonds is 5. The minimum absolute atomic E-state index is 0.759. The van der Waals surface area contributed by atoms with Gasteiger partial charge in [0, 0.05) is 6.54 Å². The van der Waals surface area contributed by atoms with Crippen molar-refractivity contribution in [2.24, 2.45) is 0 Å². The molecule has 0 N–H and O–H groups in total. The summed E-state index contributed by atoms with van der Waals surface area (Å²) in [4.78, 5) is 2.24. The van der Waals surface area contributed by atoms with Crippen LogP contribution in [0.1, 0.15) is 18.1 Å². The first-order chi connectivity index (χ1) is 7.13. The molecule has 0 saturated carbocycles. The molecule has 0 unspecified atom stereocenters. The van der Waals surface area contributed by atoms with Crippen LogP contribution in [-0.2, 0) is 0 Å². The fourth-order valence-corrected chi connectivity index (χ4v) is 1.33. The molecule has 0 spiro atoms. The molecule has 0 radical (unpaired) electrons. The Kier molecular flexibility index (Phi) is 4.63. The van der Waals surface area contributed by atoms with Crippen LogP contribution < -0.4 is 4.74 Å². The van der Waals surface area contributed by atoms with Crippen molar-refractivity contribution in [3.05, 3.63) is 29.3 Å². The molecule has 0 aliphatic carbocycles. The second kappa shape index (κ2) is 5.76. The molecular formula is C13H21NO. The summed E-state index contributed by atoms with van der Waals surface area (Å²) in [5.74, 6) is 1.01. The molecule has 2 nitrogen and oxygen atoms in total. The van der Waals surface area contributed by atoms with Crippen LogP contribution in [0.25, 0.3) is 0 Å². The quantitative estimate of drug-likeness (QED) is 0.736. The summed E-state index contributed by atoms with van der Waals surface area (Å²) in [7, 11) is 2.10. The van der Waals surface area contributed by atoms with E-state index in [4.69, 9.17) is 4.74 Å². The third kappa shape index (κ3) is 3.92. The Hall–Kier alpha value is -1.02. The molecule has 0 aliphatic rings. The van der Waals surface area contributed by atoms with Gasteiger partial charge in [-0.2, -0.15) is 0 Å². The first kappa shape index (κ1) is 12.1. The van der Waals surface area contributed by atoms with Gasteiger partial charge in [0.25, 0.3) is 0 Å². The lowest BCUT2D eigenvalue weighted by molar-refractivity contribution is 0.242. The smallest absolute Gasteiger partial charge is 0.122 e. The van der Waals surface area contributed by atoms with Crippen molar-refractivity contribution in [3.63, 3.8) is 0 Å². The fraction of sp³-hybridized carbons (Fsp3) is 0.538. The summed E-state index contributed by atoms with van der Waals surface area (Å²) in [6.07, 6.45) is 0. The van der Waals surface area contributed by atoms with Crippen LogP contribution in [0.4, 0.5) is 0 Å². The van der Waals surface area contributed by atoms with E-state index in [1.807, 2.05) is 0 Å². The van der Waals surface area contributed by atoms with Gasteiger partial charge in [0.05, 0.1) is 0 Å². The summed E-state index contributed by atoms with van der Waals surface area (Å²) in [6, 6.07) is 6.32. The van der Waals surface area contributed by atoms with E-state index < -0.39 is 0 Å². The second-order valence-electron chi connectivity index (χ2n) is 4.01. The average molecular weight is 207 g/mol.